The summed E-state index contributed by atoms with van der Waals surface area (Å²) in [5.74, 6) is -1.62. The Morgan fingerprint density at radius 2 is 2.21 bits per heavy atom. The number of nitrogens with zero attached hydrogens (tertiary/aromatic N) is 2. The van der Waals surface area contributed by atoms with Gasteiger partial charge in [-0.15, -0.1) is 0 Å². The smallest absolute Gasteiger partial charge is 0.342 e. The van der Waals surface area contributed by atoms with E-state index in [-0.39, 0.29) is 30.6 Å². The van der Waals surface area contributed by atoms with E-state index in [4.69, 9.17) is 10.8 Å². The molecule has 0 bridgehead atoms. The molecule has 100 valence electrons. The number of nitro groups is 1. The SMILES string of the molecule is NC1CC(=O)N(c2ccc(C(=O)O)c([N+](=O)[O-])c2)C1. The highest BCUT2D eigenvalue weighted by atomic mass is 16.6. The Kier molecular flexibility index (Phi) is 3.17. The zero-order chi connectivity index (χ0) is 14.2. The molecule has 1 aromatic rings. The minimum atomic E-state index is -1.39. The Hall–Kier alpha value is -2.48. The van der Waals surface area contributed by atoms with Gasteiger partial charge in [0.1, 0.15) is 5.56 Å². The van der Waals surface area contributed by atoms with Crippen molar-refractivity contribution in [2.24, 2.45) is 5.73 Å². The van der Waals surface area contributed by atoms with Gasteiger partial charge in [0, 0.05) is 25.1 Å². The summed E-state index contributed by atoms with van der Waals surface area (Å²) in [6.45, 7) is 0.266. The maximum Gasteiger partial charge on any atom is 0.342 e. The van der Waals surface area contributed by atoms with E-state index in [9.17, 15) is 19.7 Å². The van der Waals surface area contributed by atoms with Gasteiger partial charge in [-0.1, -0.05) is 0 Å². The quantitative estimate of drug-likeness (QED) is 0.600. The zero-order valence-electron chi connectivity index (χ0n) is 9.78. The molecule has 19 heavy (non-hydrogen) atoms. The minimum absolute atomic E-state index is 0.175. The summed E-state index contributed by atoms with van der Waals surface area (Å²) in [6.07, 6.45) is 0.175. The lowest BCUT2D eigenvalue weighted by Gasteiger charge is -2.16. The van der Waals surface area contributed by atoms with Gasteiger partial charge in [0.25, 0.3) is 5.69 Å². The fourth-order valence-corrected chi connectivity index (χ4v) is 2.00. The molecule has 1 aliphatic heterocycles. The van der Waals surface area contributed by atoms with Crippen LogP contribution in [0.2, 0.25) is 0 Å². The number of amides is 1. The number of nitrogens with two attached hydrogens (primary N) is 1. The molecule has 1 aromatic carbocycles. The van der Waals surface area contributed by atoms with Crippen LogP contribution in [0.25, 0.3) is 0 Å². The maximum atomic E-state index is 11.6. The Morgan fingerprint density at radius 3 is 2.68 bits per heavy atom. The summed E-state index contributed by atoms with van der Waals surface area (Å²) in [7, 11) is 0. The molecule has 0 radical (unpaired) electrons. The summed E-state index contributed by atoms with van der Waals surface area (Å²) < 4.78 is 0. The standard InChI is InChI=1S/C11H11N3O5/c12-6-3-10(15)13(5-6)7-1-2-8(11(16)17)9(4-7)14(18)19/h1-2,4,6H,3,5,12H2,(H,16,17). The average molecular weight is 265 g/mol. The number of rotatable bonds is 3. The number of carbonyl (C=O) groups excluding carboxylic acids is 1. The summed E-state index contributed by atoms with van der Waals surface area (Å²) >= 11 is 0. The van der Waals surface area contributed by atoms with Crippen LogP contribution in [0.15, 0.2) is 18.2 Å². The first-order valence-electron chi connectivity index (χ1n) is 5.48. The number of hydrogen-bond donors (Lipinski definition) is 2. The van der Waals surface area contributed by atoms with Gasteiger partial charge in [-0.25, -0.2) is 4.79 Å². The zero-order valence-corrected chi connectivity index (χ0v) is 9.78. The number of benzene rings is 1. The molecule has 0 saturated carbocycles. The van der Waals surface area contributed by atoms with Crippen LogP contribution in [0, 0.1) is 10.1 Å². The maximum absolute atomic E-state index is 11.6. The molecule has 1 heterocycles. The predicted octanol–water partition coefficient (Wildman–Crippen LogP) is 0.357. The molecule has 8 heteroatoms. The van der Waals surface area contributed by atoms with Gasteiger partial charge in [0.2, 0.25) is 5.91 Å². The van der Waals surface area contributed by atoms with Gasteiger partial charge < -0.3 is 15.7 Å². The predicted molar refractivity (Wildman–Crippen MR) is 65.0 cm³/mol. The van der Waals surface area contributed by atoms with Gasteiger partial charge in [0.05, 0.1) is 10.6 Å². The van der Waals surface area contributed by atoms with E-state index in [1.165, 1.54) is 11.0 Å². The highest BCUT2D eigenvalue weighted by molar-refractivity contribution is 5.98. The van der Waals surface area contributed by atoms with Crippen molar-refractivity contribution in [1.82, 2.24) is 0 Å². The van der Waals surface area contributed by atoms with Crippen molar-refractivity contribution in [3.63, 3.8) is 0 Å². The second kappa shape index (κ2) is 4.65. The summed E-state index contributed by atoms with van der Waals surface area (Å²) in [5.41, 5.74) is 4.97. The first kappa shape index (κ1) is 13.0. The second-order valence-electron chi connectivity index (χ2n) is 4.23. The third kappa shape index (κ3) is 2.38. The average Bonchev–Trinajstić information content (AvgIpc) is 2.67. The van der Waals surface area contributed by atoms with Gasteiger partial charge in [-0.05, 0) is 12.1 Å². The topological polar surface area (TPSA) is 127 Å². The van der Waals surface area contributed by atoms with E-state index in [0.717, 1.165) is 12.1 Å². The van der Waals surface area contributed by atoms with E-state index >= 15 is 0 Å². The second-order valence-corrected chi connectivity index (χ2v) is 4.23. The third-order valence-corrected chi connectivity index (χ3v) is 2.88. The van der Waals surface area contributed by atoms with Crippen LogP contribution in [-0.4, -0.2) is 34.5 Å². The van der Waals surface area contributed by atoms with Crippen LogP contribution in [0.5, 0.6) is 0 Å². The molecule has 1 unspecified atom stereocenters. The lowest BCUT2D eigenvalue weighted by molar-refractivity contribution is -0.385. The van der Waals surface area contributed by atoms with Crippen molar-refractivity contribution >= 4 is 23.3 Å². The monoisotopic (exact) mass is 265 g/mol. The normalized spacial score (nSPS) is 18.7. The van der Waals surface area contributed by atoms with Crippen LogP contribution < -0.4 is 10.6 Å². The van der Waals surface area contributed by atoms with Gasteiger partial charge >= 0.3 is 5.97 Å². The molecule has 1 aliphatic rings. The highest BCUT2D eigenvalue weighted by Crippen LogP contribution is 2.28. The molecule has 2 rings (SSSR count). The third-order valence-electron chi connectivity index (χ3n) is 2.88. The summed E-state index contributed by atoms with van der Waals surface area (Å²) in [4.78, 5) is 33.9. The van der Waals surface area contributed by atoms with E-state index in [1.54, 1.807) is 0 Å². The minimum Gasteiger partial charge on any atom is -0.477 e. The van der Waals surface area contributed by atoms with Crippen molar-refractivity contribution in [1.29, 1.82) is 0 Å². The molecule has 1 saturated heterocycles. The van der Waals surface area contributed by atoms with Crippen molar-refractivity contribution in [2.45, 2.75) is 12.5 Å². The Balaban J connectivity index is 2.44. The number of carbonyl (C=O) groups is 2. The van der Waals surface area contributed by atoms with Gasteiger partial charge in [0.15, 0.2) is 0 Å². The number of hydrogen-bond acceptors (Lipinski definition) is 5. The van der Waals surface area contributed by atoms with Crippen LogP contribution >= 0.6 is 0 Å². The van der Waals surface area contributed by atoms with Crippen LogP contribution in [0.1, 0.15) is 16.8 Å². The Bertz CT molecular complexity index is 571. The fourth-order valence-electron chi connectivity index (χ4n) is 2.00. The fraction of sp³-hybridized carbons (Fsp3) is 0.273. The lowest BCUT2D eigenvalue weighted by atomic mass is 10.1. The van der Waals surface area contributed by atoms with E-state index < -0.39 is 22.1 Å². The molecule has 1 amide bonds. The van der Waals surface area contributed by atoms with E-state index in [1.807, 2.05) is 0 Å². The van der Waals surface area contributed by atoms with E-state index in [0.29, 0.717) is 0 Å². The lowest BCUT2D eigenvalue weighted by Crippen LogP contribution is -2.28. The molecular weight excluding hydrogens is 254 g/mol. The highest BCUT2D eigenvalue weighted by Gasteiger charge is 2.30. The van der Waals surface area contributed by atoms with Crippen molar-refractivity contribution in [2.75, 3.05) is 11.4 Å². The number of aromatic carboxylic acids is 1. The van der Waals surface area contributed by atoms with Gasteiger partial charge in [-0.2, -0.15) is 0 Å². The first-order valence-corrected chi connectivity index (χ1v) is 5.48. The van der Waals surface area contributed by atoms with Crippen LogP contribution in [-0.2, 0) is 4.79 Å². The molecule has 0 spiro atoms. The number of nitro benzene ring substituents is 1. The largest absolute Gasteiger partial charge is 0.477 e. The Labute approximate surface area is 107 Å². The van der Waals surface area contributed by atoms with Crippen LogP contribution in [0.3, 0.4) is 0 Å². The molecule has 0 aliphatic carbocycles. The molecule has 3 N–H and O–H groups in total. The van der Waals surface area contributed by atoms with Gasteiger partial charge in [-0.3, -0.25) is 14.9 Å². The van der Waals surface area contributed by atoms with E-state index in [2.05, 4.69) is 0 Å². The first-order chi connectivity index (χ1) is 8.90. The van der Waals surface area contributed by atoms with Crippen molar-refractivity contribution in [3.8, 4) is 0 Å². The number of carboxylic acid groups (broad SMARTS) is 1. The number of carboxylic acids is 1. The van der Waals surface area contributed by atoms with Crippen molar-refractivity contribution in [3.05, 3.63) is 33.9 Å². The molecular formula is C11H11N3O5. The molecule has 1 atom stereocenters. The molecule has 1 fully saturated rings. The van der Waals surface area contributed by atoms with Crippen molar-refractivity contribution < 1.29 is 19.6 Å². The van der Waals surface area contributed by atoms with Crippen LogP contribution in [0.4, 0.5) is 11.4 Å². The summed E-state index contributed by atoms with van der Waals surface area (Å²) in [5, 5.41) is 19.7. The molecule has 0 aromatic heterocycles. The summed E-state index contributed by atoms with van der Waals surface area (Å²) in [6, 6.07) is 3.25. The molecule has 8 nitrogen and oxygen atoms in total. The number of anilines is 1. The Morgan fingerprint density at radius 1 is 1.53 bits per heavy atom.